The highest BCUT2D eigenvalue weighted by Gasteiger charge is 2.29. The maximum absolute atomic E-state index is 12.1. The van der Waals surface area contributed by atoms with Crippen LogP contribution in [0.1, 0.15) is 46.5 Å². The van der Waals surface area contributed by atoms with Gasteiger partial charge in [0.15, 0.2) is 6.61 Å². The van der Waals surface area contributed by atoms with Gasteiger partial charge in [-0.2, -0.15) is 0 Å². The molecule has 2 amide bonds. The van der Waals surface area contributed by atoms with E-state index in [-0.39, 0.29) is 30.9 Å². The highest BCUT2D eigenvalue weighted by Crippen LogP contribution is 2.36. The quantitative estimate of drug-likeness (QED) is 0.630. The molecule has 0 bridgehead atoms. The molecule has 0 spiro atoms. The van der Waals surface area contributed by atoms with E-state index in [1.165, 1.54) is 11.8 Å². The van der Waals surface area contributed by atoms with Gasteiger partial charge in [0, 0.05) is 10.9 Å². The minimum absolute atomic E-state index is 0.0473. The van der Waals surface area contributed by atoms with E-state index >= 15 is 0 Å². The molecular weight excluding hydrogens is 364 g/mol. The molecule has 6 nitrogen and oxygen atoms in total. The smallest absolute Gasteiger partial charge is 0.307 e. The van der Waals surface area contributed by atoms with Gasteiger partial charge in [0.25, 0.3) is 5.91 Å². The number of amides is 2. The predicted octanol–water partition coefficient (Wildman–Crippen LogP) is 3.36. The summed E-state index contributed by atoms with van der Waals surface area (Å²) in [5.41, 5.74) is 0.753. The Morgan fingerprint density at radius 1 is 1.22 bits per heavy atom. The zero-order valence-corrected chi connectivity index (χ0v) is 16.9. The van der Waals surface area contributed by atoms with Crippen molar-refractivity contribution in [3.63, 3.8) is 0 Å². The van der Waals surface area contributed by atoms with Gasteiger partial charge in [-0.1, -0.05) is 38.8 Å². The lowest BCUT2D eigenvalue weighted by molar-refractivity contribution is -0.149. The minimum atomic E-state index is -0.551. The number of carbonyl (C=O) groups excluding carboxylic acids is 3. The molecule has 0 saturated heterocycles. The Bertz CT molecular complexity index is 678. The number of anilines is 1. The minimum Gasteiger partial charge on any atom is -0.456 e. The molecule has 0 aliphatic carbocycles. The molecule has 0 fully saturated rings. The summed E-state index contributed by atoms with van der Waals surface area (Å²) in [5.74, 6) is -0.439. The molecule has 0 aromatic heterocycles. The van der Waals surface area contributed by atoms with Crippen LogP contribution < -0.4 is 10.6 Å². The van der Waals surface area contributed by atoms with Crippen molar-refractivity contribution < 1.29 is 19.1 Å². The molecule has 2 rings (SSSR count). The summed E-state index contributed by atoms with van der Waals surface area (Å²) in [4.78, 5) is 36.9. The Morgan fingerprint density at radius 3 is 2.70 bits per heavy atom. The Labute approximate surface area is 164 Å². The number of ether oxygens (including phenoxy) is 1. The first kappa shape index (κ1) is 21.3. The highest BCUT2D eigenvalue weighted by atomic mass is 32.2. The largest absolute Gasteiger partial charge is 0.456 e. The van der Waals surface area contributed by atoms with E-state index < -0.39 is 11.2 Å². The lowest BCUT2D eigenvalue weighted by Crippen LogP contribution is -2.36. The number of rotatable bonds is 9. The molecule has 2 N–H and O–H groups in total. The molecule has 2 atom stereocenters. The molecule has 1 aliphatic heterocycles. The van der Waals surface area contributed by atoms with Crippen molar-refractivity contribution in [2.75, 3.05) is 11.9 Å². The molecule has 1 aromatic carbocycles. The van der Waals surface area contributed by atoms with Crippen molar-refractivity contribution in [2.45, 2.75) is 62.6 Å². The molecule has 0 saturated carbocycles. The molecule has 1 heterocycles. The Kier molecular flexibility index (Phi) is 8.16. The summed E-state index contributed by atoms with van der Waals surface area (Å²) in [6.07, 6.45) is 3.01. The lowest BCUT2D eigenvalue weighted by Gasteiger charge is -2.23. The molecule has 0 radical (unpaired) electrons. The van der Waals surface area contributed by atoms with Crippen molar-refractivity contribution in [1.82, 2.24) is 5.32 Å². The van der Waals surface area contributed by atoms with Crippen LogP contribution in [0, 0.1) is 5.92 Å². The van der Waals surface area contributed by atoms with Gasteiger partial charge in [0.1, 0.15) is 0 Å². The van der Waals surface area contributed by atoms with Gasteiger partial charge in [-0.3, -0.25) is 14.4 Å². The second-order valence-corrected chi connectivity index (χ2v) is 8.49. The van der Waals surface area contributed by atoms with Gasteiger partial charge < -0.3 is 15.4 Å². The van der Waals surface area contributed by atoms with Crippen LogP contribution in [0.15, 0.2) is 29.2 Å². The summed E-state index contributed by atoms with van der Waals surface area (Å²) in [7, 11) is 0. The van der Waals surface area contributed by atoms with Crippen molar-refractivity contribution in [2.24, 2.45) is 5.92 Å². The molecule has 0 unspecified atom stereocenters. The van der Waals surface area contributed by atoms with Crippen LogP contribution in [0.2, 0.25) is 0 Å². The fraction of sp³-hybridized carbons (Fsp3) is 0.550. The Balaban J connectivity index is 1.70. The number of hydrogen-bond donors (Lipinski definition) is 2. The fourth-order valence-electron chi connectivity index (χ4n) is 2.80. The van der Waals surface area contributed by atoms with E-state index in [0.29, 0.717) is 5.92 Å². The fourth-order valence-corrected chi connectivity index (χ4v) is 3.90. The number of para-hydroxylation sites is 1. The Morgan fingerprint density at radius 2 is 1.96 bits per heavy atom. The SMILES string of the molecule is CC(C)CCC[C@H](C)NC(=O)COC(=O)C[C@@H]1Sc2ccccc2NC1=O. The zero-order chi connectivity index (χ0) is 19.8. The van der Waals surface area contributed by atoms with Crippen LogP contribution in [-0.4, -0.2) is 35.7 Å². The molecule has 7 heteroatoms. The second-order valence-electron chi connectivity index (χ2n) is 7.25. The summed E-state index contributed by atoms with van der Waals surface area (Å²) in [6.45, 7) is 5.97. The summed E-state index contributed by atoms with van der Waals surface area (Å²) in [6, 6.07) is 7.49. The van der Waals surface area contributed by atoms with Crippen molar-refractivity contribution >= 4 is 35.2 Å². The number of hydrogen-bond acceptors (Lipinski definition) is 5. The number of carbonyl (C=O) groups is 3. The van der Waals surface area contributed by atoms with Crippen molar-refractivity contribution in [3.05, 3.63) is 24.3 Å². The zero-order valence-electron chi connectivity index (χ0n) is 16.1. The molecule has 1 aliphatic rings. The summed E-state index contributed by atoms with van der Waals surface area (Å²) >= 11 is 1.34. The van der Waals surface area contributed by atoms with Crippen LogP contribution in [0.25, 0.3) is 0 Å². The molecular formula is C20H28N2O4S. The van der Waals surface area contributed by atoms with E-state index in [9.17, 15) is 14.4 Å². The van der Waals surface area contributed by atoms with Crippen LogP contribution >= 0.6 is 11.8 Å². The third kappa shape index (κ3) is 7.25. The van der Waals surface area contributed by atoms with E-state index in [1.54, 1.807) is 0 Å². The monoisotopic (exact) mass is 392 g/mol. The van der Waals surface area contributed by atoms with E-state index in [1.807, 2.05) is 31.2 Å². The third-order valence-electron chi connectivity index (χ3n) is 4.25. The van der Waals surface area contributed by atoms with E-state index in [4.69, 9.17) is 4.74 Å². The first-order chi connectivity index (χ1) is 12.8. The highest BCUT2D eigenvalue weighted by molar-refractivity contribution is 8.01. The Hall–Kier alpha value is -2.02. The van der Waals surface area contributed by atoms with Crippen LogP contribution in [0.5, 0.6) is 0 Å². The number of benzene rings is 1. The topological polar surface area (TPSA) is 84.5 Å². The van der Waals surface area contributed by atoms with Gasteiger partial charge in [-0.15, -0.1) is 11.8 Å². The van der Waals surface area contributed by atoms with Crippen molar-refractivity contribution in [1.29, 1.82) is 0 Å². The van der Waals surface area contributed by atoms with E-state index in [0.717, 1.165) is 29.8 Å². The van der Waals surface area contributed by atoms with Crippen LogP contribution in [0.3, 0.4) is 0 Å². The lowest BCUT2D eigenvalue weighted by atomic mass is 10.0. The number of thioether (sulfide) groups is 1. The van der Waals surface area contributed by atoms with Crippen molar-refractivity contribution in [3.8, 4) is 0 Å². The average molecular weight is 393 g/mol. The summed E-state index contributed by atoms with van der Waals surface area (Å²) in [5, 5.41) is 5.07. The van der Waals surface area contributed by atoms with Gasteiger partial charge in [-0.25, -0.2) is 0 Å². The first-order valence-electron chi connectivity index (χ1n) is 9.36. The number of nitrogens with one attached hydrogen (secondary N) is 2. The number of esters is 1. The van der Waals surface area contributed by atoms with Gasteiger partial charge in [-0.05, 0) is 31.4 Å². The maximum Gasteiger partial charge on any atom is 0.307 e. The average Bonchev–Trinajstić information content (AvgIpc) is 2.60. The summed E-state index contributed by atoms with van der Waals surface area (Å²) < 4.78 is 5.04. The first-order valence-corrected chi connectivity index (χ1v) is 10.2. The third-order valence-corrected chi connectivity index (χ3v) is 5.52. The standard InChI is InChI=1S/C20H28N2O4S/c1-13(2)7-6-8-14(3)21-18(23)12-26-19(24)11-17-20(25)22-15-9-4-5-10-16(15)27-17/h4-5,9-10,13-14,17H,6-8,11-12H2,1-3H3,(H,21,23)(H,22,25)/t14-,17-/m0/s1. The van der Waals surface area contributed by atoms with E-state index in [2.05, 4.69) is 24.5 Å². The maximum atomic E-state index is 12.1. The molecule has 27 heavy (non-hydrogen) atoms. The van der Waals surface area contributed by atoms with Crippen LogP contribution in [0.4, 0.5) is 5.69 Å². The van der Waals surface area contributed by atoms with Crippen LogP contribution in [-0.2, 0) is 19.1 Å². The van der Waals surface area contributed by atoms with Gasteiger partial charge in [0.05, 0.1) is 17.4 Å². The number of fused-ring (bicyclic) bond motifs is 1. The second kappa shape index (κ2) is 10.3. The molecule has 1 aromatic rings. The van der Waals surface area contributed by atoms with Gasteiger partial charge >= 0.3 is 5.97 Å². The molecule has 148 valence electrons. The normalized spacial score (nSPS) is 17.0. The van der Waals surface area contributed by atoms with Gasteiger partial charge in [0.2, 0.25) is 5.91 Å². The predicted molar refractivity (Wildman–Crippen MR) is 107 cm³/mol.